The van der Waals surface area contributed by atoms with E-state index >= 15 is 0 Å². The molecule has 6 heteroatoms. The van der Waals surface area contributed by atoms with E-state index in [-0.39, 0.29) is 44.3 Å². The molecule has 12 atom stereocenters. The van der Waals surface area contributed by atoms with E-state index in [2.05, 4.69) is 27.7 Å². The lowest BCUT2D eigenvalue weighted by molar-refractivity contribution is -0.183. The third kappa shape index (κ3) is 3.82. The summed E-state index contributed by atoms with van der Waals surface area (Å²) in [5.41, 5.74) is 2.39. The zero-order valence-corrected chi connectivity index (χ0v) is 29.6. The van der Waals surface area contributed by atoms with E-state index in [9.17, 15) is 19.8 Å². The fraction of sp³-hybridized carbons (Fsp3) is 0.900. The number of carbonyl (C=O) groups is 2. The molecule has 0 amide bonds. The van der Waals surface area contributed by atoms with Gasteiger partial charge in [0.2, 0.25) is 0 Å². The first kappa shape index (κ1) is 31.5. The fourth-order valence-corrected chi connectivity index (χ4v) is 16.0. The Morgan fingerprint density at radius 1 is 0.543 bits per heavy atom. The van der Waals surface area contributed by atoms with E-state index in [0.29, 0.717) is 11.8 Å². The summed E-state index contributed by atoms with van der Waals surface area (Å²) in [6, 6.07) is 0. The average Bonchev–Trinajstić information content (AvgIpc) is 3.31. The Morgan fingerprint density at radius 2 is 0.913 bits per heavy atom. The lowest BCUT2D eigenvalue weighted by atomic mass is 9.40. The van der Waals surface area contributed by atoms with Gasteiger partial charge in [-0.25, -0.2) is 0 Å². The Balaban J connectivity index is 1.08. The maximum Gasteiger partial charge on any atom is 0.309 e. The molecule has 2 spiro atoms. The number of fused-ring (bicyclic) bond motifs is 6. The fourth-order valence-electron chi connectivity index (χ4n) is 16.0. The molecule has 8 fully saturated rings. The minimum atomic E-state index is -0.593. The highest BCUT2D eigenvalue weighted by Crippen LogP contribution is 2.75. The molecular weight excluding hydrogens is 572 g/mol. The topological polar surface area (TPSA) is 99.3 Å². The highest BCUT2D eigenvalue weighted by atomic mass is 16.4. The first-order valence-corrected chi connectivity index (χ1v) is 19.1. The average molecular weight is 633 g/mol. The second-order valence-corrected chi connectivity index (χ2v) is 20.2. The summed E-state index contributed by atoms with van der Waals surface area (Å²) < 4.78 is 0. The molecule has 46 heavy (non-hydrogen) atoms. The Hall–Kier alpha value is -1.72. The Bertz CT molecular complexity index is 1330. The van der Waals surface area contributed by atoms with Crippen molar-refractivity contribution in [3.05, 3.63) is 0 Å². The van der Waals surface area contributed by atoms with Crippen molar-refractivity contribution in [2.24, 2.45) is 77.2 Å². The summed E-state index contributed by atoms with van der Waals surface area (Å²) in [6.07, 6.45) is 19.6. The van der Waals surface area contributed by atoms with Crippen molar-refractivity contribution in [2.75, 3.05) is 0 Å². The quantitative estimate of drug-likeness (QED) is 0.303. The molecule has 8 aliphatic carbocycles. The molecule has 8 aliphatic rings. The molecule has 2 N–H and O–H groups in total. The molecule has 8 saturated carbocycles. The molecular formula is C40H60N2O4. The molecule has 0 aliphatic heterocycles. The van der Waals surface area contributed by atoms with Gasteiger partial charge < -0.3 is 10.2 Å². The van der Waals surface area contributed by atoms with Crippen molar-refractivity contribution in [1.82, 2.24) is 0 Å². The summed E-state index contributed by atoms with van der Waals surface area (Å²) in [7, 11) is 0. The monoisotopic (exact) mass is 632 g/mol. The summed E-state index contributed by atoms with van der Waals surface area (Å²) in [5, 5.41) is 31.3. The molecule has 0 heterocycles. The molecule has 6 nitrogen and oxygen atoms in total. The highest BCUT2D eigenvalue weighted by molar-refractivity contribution is 5.96. The van der Waals surface area contributed by atoms with Crippen LogP contribution in [0.25, 0.3) is 0 Å². The zero-order valence-electron chi connectivity index (χ0n) is 29.6. The minimum absolute atomic E-state index is 0.0985. The van der Waals surface area contributed by atoms with Crippen molar-refractivity contribution in [3.8, 4) is 0 Å². The van der Waals surface area contributed by atoms with E-state index in [1.165, 1.54) is 49.9 Å². The van der Waals surface area contributed by atoms with Gasteiger partial charge in [-0.3, -0.25) is 9.59 Å². The molecule has 254 valence electrons. The van der Waals surface area contributed by atoms with Crippen molar-refractivity contribution in [1.29, 1.82) is 0 Å². The van der Waals surface area contributed by atoms with Crippen LogP contribution in [0.4, 0.5) is 0 Å². The molecule has 0 aromatic heterocycles. The lowest BCUT2D eigenvalue weighted by Gasteiger charge is -2.63. The van der Waals surface area contributed by atoms with Crippen LogP contribution in [0.5, 0.6) is 0 Å². The molecule has 0 radical (unpaired) electrons. The van der Waals surface area contributed by atoms with E-state index < -0.39 is 22.8 Å². The van der Waals surface area contributed by atoms with Gasteiger partial charge in [0.15, 0.2) is 0 Å². The summed E-state index contributed by atoms with van der Waals surface area (Å²) in [6.45, 7) is 14.0. The summed E-state index contributed by atoms with van der Waals surface area (Å²) >= 11 is 0. The van der Waals surface area contributed by atoms with Gasteiger partial charge in [-0.1, -0.05) is 40.5 Å². The Morgan fingerprint density at radius 3 is 1.28 bits per heavy atom. The molecule has 4 bridgehead atoms. The van der Waals surface area contributed by atoms with Gasteiger partial charge in [0.25, 0.3) is 0 Å². The summed E-state index contributed by atoms with van der Waals surface area (Å²) in [4.78, 5) is 25.2. The first-order valence-electron chi connectivity index (χ1n) is 19.1. The second-order valence-electron chi connectivity index (χ2n) is 20.2. The van der Waals surface area contributed by atoms with Gasteiger partial charge in [-0.15, -0.1) is 0 Å². The van der Waals surface area contributed by atoms with E-state index in [1.54, 1.807) is 0 Å². The van der Waals surface area contributed by atoms with E-state index in [0.717, 1.165) is 77.0 Å². The molecule has 0 aromatic carbocycles. The number of carboxylic acid groups (broad SMARTS) is 2. The number of hydrogen-bond donors (Lipinski definition) is 2. The SMILES string of the molecule is C[C@@]12CC[C@@H]3[C@@](CC[C@H]4[C@@]3(C)CCC[C@@]4(C)C(=O)O)(C/C1=N/N=C1/C[C@]34CC[C@H]5[C@@](C)(CCC[C@@]5(C)C(=O)O)[C@@H]3CC[C@@]1(C)C4)C2. The van der Waals surface area contributed by atoms with Crippen molar-refractivity contribution in [2.45, 2.75) is 157 Å². The predicted molar refractivity (Wildman–Crippen MR) is 181 cm³/mol. The van der Waals surface area contributed by atoms with Crippen LogP contribution in [0.2, 0.25) is 0 Å². The number of carboxylic acids is 2. The van der Waals surface area contributed by atoms with Crippen LogP contribution in [0, 0.1) is 67.0 Å². The van der Waals surface area contributed by atoms with Gasteiger partial charge in [-0.05, 0) is 162 Å². The normalized spacial score (nSPS) is 57.3. The maximum absolute atomic E-state index is 12.6. The highest BCUT2D eigenvalue weighted by Gasteiger charge is 2.69. The lowest BCUT2D eigenvalue weighted by Crippen LogP contribution is -2.58. The maximum atomic E-state index is 12.6. The molecule has 0 unspecified atom stereocenters. The van der Waals surface area contributed by atoms with Crippen LogP contribution in [-0.2, 0) is 9.59 Å². The second kappa shape index (κ2) is 9.49. The standard InChI is InChI=1S/C40H60N2O4/c1-33-17-9-27-35(3)13-7-15-37(5,31(43)44)25(35)11-19-39(27,23-33)21-29(33)41-42-30-22-40-20-12-26-36(4,14-8-16-38(26,6)32(45)46)28(40)10-18-34(30,2)24-40/h25-28H,7-24H2,1-6H3,(H,43,44)(H,45,46)/b41-29-,42-30-/t25-,26-,27-,28-,33-,34-,35+,36+,37+,38+,39-,40-/m0/s1. The van der Waals surface area contributed by atoms with Crippen LogP contribution in [0.3, 0.4) is 0 Å². The van der Waals surface area contributed by atoms with Crippen LogP contribution < -0.4 is 0 Å². The Kier molecular flexibility index (Phi) is 6.51. The van der Waals surface area contributed by atoms with Gasteiger partial charge >= 0.3 is 11.9 Å². The summed E-state index contributed by atoms with van der Waals surface area (Å²) in [5.74, 6) is 0.541. The van der Waals surface area contributed by atoms with Crippen LogP contribution in [-0.4, -0.2) is 33.6 Å². The van der Waals surface area contributed by atoms with Gasteiger partial charge in [0.1, 0.15) is 0 Å². The van der Waals surface area contributed by atoms with Crippen molar-refractivity contribution < 1.29 is 19.8 Å². The Labute approximate surface area is 277 Å². The number of hydrogen-bond acceptors (Lipinski definition) is 4. The van der Waals surface area contributed by atoms with Gasteiger partial charge in [0, 0.05) is 22.3 Å². The molecule has 8 rings (SSSR count). The predicted octanol–water partition coefficient (Wildman–Crippen LogP) is 9.56. The van der Waals surface area contributed by atoms with Crippen LogP contribution in [0.15, 0.2) is 10.2 Å². The van der Waals surface area contributed by atoms with E-state index in [1.807, 2.05) is 13.8 Å². The molecule has 0 saturated heterocycles. The van der Waals surface area contributed by atoms with Crippen LogP contribution >= 0.6 is 0 Å². The number of aliphatic carboxylic acids is 2. The van der Waals surface area contributed by atoms with Crippen molar-refractivity contribution in [3.63, 3.8) is 0 Å². The zero-order chi connectivity index (χ0) is 32.8. The number of rotatable bonds is 3. The van der Waals surface area contributed by atoms with Crippen LogP contribution in [0.1, 0.15) is 157 Å². The largest absolute Gasteiger partial charge is 0.481 e. The number of nitrogens with zero attached hydrogens (tertiary/aromatic N) is 2. The van der Waals surface area contributed by atoms with E-state index in [4.69, 9.17) is 10.2 Å². The van der Waals surface area contributed by atoms with Gasteiger partial charge in [0.05, 0.1) is 10.8 Å². The first-order chi connectivity index (χ1) is 21.5. The van der Waals surface area contributed by atoms with Gasteiger partial charge in [-0.2, -0.15) is 10.2 Å². The third-order valence-electron chi connectivity index (χ3n) is 18.0. The smallest absolute Gasteiger partial charge is 0.309 e. The minimum Gasteiger partial charge on any atom is -0.481 e. The van der Waals surface area contributed by atoms with Crippen molar-refractivity contribution >= 4 is 23.4 Å². The third-order valence-corrected chi connectivity index (χ3v) is 18.0. The molecule has 0 aromatic rings.